The molecule has 3 fully saturated rings. The number of hydrogen-bond donors (Lipinski definition) is 0. The molecule has 2 aliphatic heterocycles. The molecular formula is C11H16F3N. The minimum Gasteiger partial charge on any atom is -0.294 e. The monoisotopic (exact) mass is 219 g/mol. The first-order valence-electron chi connectivity index (χ1n) is 5.70. The maximum absolute atomic E-state index is 13.3. The highest BCUT2D eigenvalue weighted by Gasteiger charge is 2.77. The number of halogens is 3. The van der Waals surface area contributed by atoms with Gasteiger partial charge in [0.1, 0.15) is 6.17 Å². The lowest BCUT2D eigenvalue weighted by atomic mass is 9.86. The zero-order chi connectivity index (χ0) is 10.9. The summed E-state index contributed by atoms with van der Waals surface area (Å²) in [6.45, 7) is 2.77. The minimum atomic E-state index is -2.48. The summed E-state index contributed by atoms with van der Waals surface area (Å²) in [5, 5.41) is 0. The van der Waals surface area contributed by atoms with Crippen LogP contribution in [0.25, 0.3) is 0 Å². The van der Waals surface area contributed by atoms with Gasteiger partial charge in [-0.3, -0.25) is 4.90 Å². The fourth-order valence-electron chi connectivity index (χ4n) is 3.74. The highest BCUT2D eigenvalue weighted by atomic mass is 19.3. The average molecular weight is 219 g/mol. The smallest absolute Gasteiger partial charge is 0.255 e. The van der Waals surface area contributed by atoms with Gasteiger partial charge in [0.2, 0.25) is 0 Å². The Labute approximate surface area is 87.6 Å². The summed E-state index contributed by atoms with van der Waals surface area (Å²) >= 11 is 0. The lowest BCUT2D eigenvalue weighted by molar-refractivity contribution is 0.0643. The van der Waals surface area contributed by atoms with E-state index in [0.717, 1.165) is 6.42 Å². The Morgan fingerprint density at radius 3 is 2.47 bits per heavy atom. The maximum Gasteiger partial charge on any atom is 0.255 e. The third kappa shape index (κ3) is 1.09. The van der Waals surface area contributed by atoms with Crippen molar-refractivity contribution in [3.8, 4) is 0 Å². The van der Waals surface area contributed by atoms with Crippen molar-refractivity contribution in [2.45, 2.75) is 50.2 Å². The van der Waals surface area contributed by atoms with Crippen LogP contribution >= 0.6 is 0 Å². The molecule has 3 unspecified atom stereocenters. The van der Waals surface area contributed by atoms with E-state index in [2.05, 4.69) is 0 Å². The second-order valence-electron chi connectivity index (χ2n) is 5.60. The molecule has 0 aromatic heterocycles. The predicted molar refractivity (Wildman–Crippen MR) is 50.7 cm³/mol. The van der Waals surface area contributed by atoms with E-state index in [1.807, 2.05) is 11.8 Å². The highest BCUT2D eigenvalue weighted by Crippen LogP contribution is 2.70. The van der Waals surface area contributed by atoms with E-state index in [0.29, 0.717) is 25.9 Å². The Morgan fingerprint density at radius 1 is 1.33 bits per heavy atom. The minimum absolute atomic E-state index is 0.0230. The fourth-order valence-corrected chi connectivity index (χ4v) is 3.74. The van der Waals surface area contributed by atoms with Gasteiger partial charge in [0, 0.05) is 25.0 Å². The van der Waals surface area contributed by atoms with Crippen molar-refractivity contribution in [1.29, 1.82) is 0 Å². The van der Waals surface area contributed by atoms with Gasteiger partial charge in [-0.15, -0.1) is 0 Å². The maximum atomic E-state index is 13.3. The van der Waals surface area contributed by atoms with Crippen LogP contribution in [0.3, 0.4) is 0 Å². The standard InChI is InChI=1S/C11H16F3N/c1-2-10-3-8(12)4-15(10)7-9(5-10)6-11(9,13)14/h8H,2-7H2,1H3. The molecule has 3 rings (SSSR count). The first-order chi connectivity index (χ1) is 6.93. The van der Waals surface area contributed by atoms with E-state index >= 15 is 0 Å². The first-order valence-corrected chi connectivity index (χ1v) is 5.70. The van der Waals surface area contributed by atoms with Gasteiger partial charge in [0.25, 0.3) is 5.92 Å². The van der Waals surface area contributed by atoms with Crippen molar-refractivity contribution >= 4 is 0 Å². The number of rotatable bonds is 1. The molecular weight excluding hydrogens is 203 g/mol. The molecule has 0 aromatic carbocycles. The molecule has 2 heterocycles. The van der Waals surface area contributed by atoms with E-state index in [4.69, 9.17) is 0 Å². The average Bonchev–Trinajstić information content (AvgIpc) is 2.38. The summed E-state index contributed by atoms with van der Waals surface area (Å²) in [7, 11) is 0. The Bertz CT molecular complexity index is 306. The summed E-state index contributed by atoms with van der Waals surface area (Å²) in [5.74, 6) is -2.48. The molecule has 2 saturated heterocycles. The highest BCUT2D eigenvalue weighted by molar-refractivity contribution is 5.22. The Kier molecular flexibility index (Phi) is 1.67. The molecule has 3 aliphatic rings. The van der Waals surface area contributed by atoms with Crippen LogP contribution in [-0.2, 0) is 0 Å². The van der Waals surface area contributed by atoms with Crippen LogP contribution < -0.4 is 0 Å². The van der Waals surface area contributed by atoms with Gasteiger partial charge in [-0.05, 0) is 19.3 Å². The molecule has 0 bridgehead atoms. The molecule has 0 radical (unpaired) electrons. The van der Waals surface area contributed by atoms with E-state index in [9.17, 15) is 13.2 Å². The lowest BCUT2D eigenvalue weighted by Gasteiger charge is -2.29. The summed E-state index contributed by atoms with van der Waals surface area (Å²) in [4.78, 5) is 1.98. The third-order valence-corrected chi connectivity index (χ3v) is 4.72. The van der Waals surface area contributed by atoms with Crippen LogP contribution in [0.1, 0.15) is 32.6 Å². The van der Waals surface area contributed by atoms with E-state index in [1.54, 1.807) is 0 Å². The topological polar surface area (TPSA) is 3.24 Å². The van der Waals surface area contributed by atoms with Gasteiger partial charge in [0.15, 0.2) is 0 Å². The molecule has 0 aromatic rings. The summed E-state index contributed by atoms with van der Waals surface area (Å²) in [6, 6.07) is 0. The van der Waals surface area contributed by atoms with Crippen LogP contribution in [0, 0.1) is 5.41 Å². The normalized spacial score (nSPS) is 52.4. The van der Waals surface area contributed by atoms with Gasteiger partial charge >= 0.3 is 0 Å². The second kappa shape index (κ2) is 2.53. The Hall–Kier alpha value is -0.250. The van der Waals surface area contributed by atoms with Crippen LogP contribution in [0.5, 0.6) is 0 Å². The summed E-state index contributed by atoms with van der Waals surface area (Å²) in [6.07, 6.45) is 0.973. The second-order valence-corrected chi connectivity index (χ2v) is 5.60. The molecule has 4 heteroatoms. The quantitative estimate of drug-likeness (QED) is 0.655. The van der Waals surface area contributed by atoms with Crippen molar-refractivity contribution in [3.63, 3.8) is 0 Å². The zero-order valence-electron chi connectivity index (χ0n) is 8.90. The molecule has 1 aliphatic carbocycles. The van der Waals surface area contributed by atoms with Crippen molar-refractivity contribution < 1.29 is 13.2 Å². The number of hydrogen-bond acceptors (Lipinski definition) is 1. The van der Waals surface area contributed by atoms with Gasteiger partial charge in [-0.2, -0.15) is 0 Å². The van der Waals surface area contributed by atoms with Crippen LogP contribution in [0.4, 0.5) is 13.2 Å². The largest absolute Gasteiger partial charge is 0.294 e. The molecule has 0 N–H and O–H groups in total. The zero-order valence-corrected chi connectivity index (χ0v) is 8.90. The van der Waals surface area contributed by atoms with E-state index in [-0.39, 0.29) is 12.0 Å². The molecule has 1 saturated carbocycles. The van der Waals surface area contributed by atoms with Crippen LogP contribution in [0.15, 0.2) is 0 Å². The predicted octanol–water partition coefficient (Wildman–Crippen LogP) is 2.61. The Balaban J connectivity index is 1.86. The SMILES string of the molecule is CCC12CC(F)CN1CC1(C2)CC1(F)F. The van der Waals surface area contributed by atoms with Gasteiger partial charge in [-0.25, -0.2) is 13.2 Å². The summed E-state index contributed by atoms with van der Waals surface area (Å²) < 4.78 is 39.9. The van der Waals surface area contributed by atoms with E-state index < -0.39 is 17.5 Å². The first kappa shape index (κ1) is 9.94. The molecule has 3 atom stereocenters. The van der Waals surface area contributed by atoms with E-state index in [1.165, 1.54) is 0 Å². The van der Waals surface area contributed by atoms with Gasteiger partial charge in [-0.1, -0.05) is 6.92 Å². The molecule has 15 heavy (non-hydrogen) atoms. The van der Waals surface area contributed by atoms with Crippen molar-refractivity contribution in [2.24, 2.45) is 5.41 Å². The van der Waals surface area contributed by atoms with Crippen molar-refractivity contribution in [3.05, 3.63) is 0 Å². The number of alkyl halides is 3. The Morgan fingerprint density at radius 2 is 2.00 bits per heavy atom. The molecule has 1 nitrogen and oxygen atoms in total. The van der Waals surface area contributed by atoms with Crippen LogP contribution in [0.2, 0.25) is 0 Å². The van der Waals surface area contributed by atoms with Gasteiger partial charge < -0.3 is 0 Å². The molecule has 0 amide bonds. The van der Waals surface area contributed by atoms with Crippen LogP contribution in [-0.4, -0.2) is 35.6 Å². The third-order valence-electron chi connectivity index (χ3n) is 4.72. The number of fused-ring (bicyclic) bond motifs is 1. The molecule has 1 spiro atoms. The van der Waals surface area contributed by atoms with Gasteiger partial charge in [0.05, 0.1) is 5.41 Å². The van der Waals surface area contributed by atoms with Crippen molar-refractivity contribution in [1.82, 2.24) is 4.90 Å². The fraction of sp³-hybridized carbons (Fsp3) is 1.00. The summed E-state index contributed by atoms with van der Waals surface area (Å²) in [5.41, 5.74) is -1.04. The molecule has 86 valence electrons. The lowest BCUT2D eigenvalue weighted by Crippen LogP contribution is -2.37. The number of nitrogens with zero attached hydrogens (tertiary/aromatic N) is 1. The van der Waals surface area contributed by atoms with Crippen molar-refractivity contribution in [2.75, 3.05) is 13.1 Å².